The van der Waals surface area contributed by atoms with Gasteiger partial charge in [0.05, 0.1) is 19.6 Å². The van der Waals surface area contributed by atoms with Crippen LogP contribution in [0.15, 0.2) is 36.4 Å². The van der Waals surface area contributed by atoms with E-state index in [1.165, 1.54) is 0 Å². The van der Waals surface area contributed by atoms with E-state index in [1.807, 2.05) is 34.6 Å². The molecule has 9 heteroatoms. The van der Waals surface area contributed by atoms with Gasteiger partial charge in [-0.05, 0) is 101 Å². The molecule has 0 radical (unpaired) electrons. The highest BCUT2D eigenvalue weighted by molar-refractivity contribution is 6.30. The minimum atomic E-state index is -0.986. The first-order valence-corrected chi connectivity index (χ1v) is 13.8. The van der Waals surface area contributed by atoms with Gasteiger partial charge < -0.3 is 30.0 Å². The van der Waals surface area contributed by atoms with Crippen molar-refractivity contribution in [3.05, 3.63) is 58.1 Å². The predicted octanol–water partition coefficient (Wildman–Crippen LogP) is 5.71. The summed E-state index contributed by atoms with van der Waals surface area (Å²) < 4.78 is 16.8. The lowest BCUT2D eigenvalue weighted by atomic mass is 9.90. The van der Waals surface area contributed by atoms with Gasteiger partial charge in [-0.1, -0.05) is 23.7 Å². The molecule has 0 saturated heterocycles. The molecule has 0 aliphatic heterocycles. The highest BCUT2D eigenvalue weighted by Gasteiger charge is 2.27. The smallest absolute Gasteiger partial charge is 0.407 e. The number of ether oxygens (including phenoxy) is 3. The Labute approximate surface area is 236 Å². The normalized spacial score (nSPS) is 18.3. The molecule has 3 rings (SSSR count). The van der Waals surface area contributed by atoms with Gasteiger partial charge in [0.15, 0.2) is 11.5 Å². The summed E-state index contributed by atoms with van der Waals surface area (Å²) in [7, 11) is 1.55. The van der Waals surface area contributed by atoms with E-state index >= 15 is 0 Å². The molecule has 0 aromatic heterocycles. The standard InChI is InChI=1S/C30H41ClN2O6/c1-18(2)38-26-17-24(28(35)19-7-9-21(31)10-8-19)20(15-25(26)37-6)16-27(34)32-22-11-13-23(14-12-22)33-29(36)39-30(3,4)5/h7-10,15,17-18,22-23,28,35H,11-14,16H2,1-6H3,(H,32,34)(H,33,36). The van der Waals surface area contributed by atoms with Crippen LogP contribution in [0, 0.1) is 0 Å². The molecule has 214 valence electrons. The van der Waals surface area contributed by atoms with Crippen LogP contribution in [0.25, 0.3) is 0 Å². The number of methoxy groups -OCH3 is 1. The number of amides is 2. The van der Waals surface area contributed by atoms with E-state index < -0.39 is 17.8 Å². The van der Waals surface area contributed by atoms with Gasteiger partial charge in [-0.15, -0.1) is 0 Å². The van der Waals surface area contributed by atoms with Crippen molar-refractivity contribution in [2.45, 2.75) is 96.6 Å². The summed E-state index contributed by atoms with van der Waals surface area (Å²) in [6.07, 6.45) is 1.55. The molecule has 1 atom stereocenters. The second-order valence-electron chi connectivity index (χ2n) is 11.3. The van der Waals surface area contributed by atoms with Gasteiger partial charge >= 0.3 is 6.09 Å². The lowest BCUT2D eigenvalue weighted by Gasteiger charge is -2.30. The molecule has 39 heavy (non-hydrogen) atoms. The number of alkyl carbamates (subject to hydrolysis) is 1. The van der Waals surface area contributed by atoms with E-state index in [0.717, 1.165) is 25.7 Å². The first kappa shape index (κ1) is 30.6. The number of carbonyl (C=O) groups excluding carboxylic acids is 2. The molecule has 1 aliphatic rings. The molecule has 2 aromatic carbocycles. The van der Waals surface area contributed by atoms with Crippen molar-refractivity contribution in [2.75, 3.05) is 7.11 Å². The first-order chi connectivity index (χ1) is 18.3. The van der Waals surface area contributed by atoms with E-state index in [9.17, 15) is 14.7 Å². The Balaban J connectivity index is 1.70. The number of aliphatic hydroxyl groups is 1. The number of benzene rings is 2. The number of hydrogen-bond acceptors (Lipinski definition) is 6. The number of rotatable bonds is 9. The van der Waals surface area contributed by atoms with Crippen molar-refractivity contribution in [1.82, 2.24) is 10.6 Å². The van der Waals surface area contributed by atoms with Crippen LogP contribution in [-0.4, -0.2) is 48.0 Å². The van der Waals surface area contributed by atoms with E-state index in [2.05, 4.69) is 10.6 Å². The fourth-order valence-corrected chi connectivity index (χ4v) is 4.79. The largest absolute Gasteiger partial charge is 0.493 e. The third kappa shape index (κ3) is 9.32. The minimum Gasteiger partial charge on any atom is -0.493 e. The van der Waals surface area contributed by atoms with Gasteiger partial charge in [-0.25, -0.2) is 4.79 Å². The molecule has 2 aromatic rings. The Morgan fingerprint density at radius 1 is 1.00 bits per heavy atom. The molecule has 1 aliphatic carbocycles. The highest BCUT2D eigenvalue weighted by atomic mass is 35.5. The van der Waals surface area contributed by atoms with Crippen molar-refractivity contribution >= 4 is 23.6 Å². The summed E-state index contributed by atoms with van der Waals surface area (Å²) in [5.74, 6) is 0.838. The SMILES string of the molecule is COc1cc(CC(=O)NC2CCC(NC(=O)OC(C)(C)C)CC2)c(C(O)c2ccc(Cl)cc2)cc1OC(C)C. The summed E-state index contributed by atoms with van der Waals surface area (Å²) in [6, 6.07) is 10.5. The lowest BCUT2D eigenvalue weighted by Crippen LogP contribution is -2.45. The molecule has 0 spiro atoms. The topological polar surface area (TPSA) is 106 Å². The predicted molar refractivity (Wildman–Crippen MR) is 152 cm³/mol. The zero-order chi connectivity index (χ0) is 28.7. The number of nitrogens with one attached hydrogen (secondary N) is 2. The van der Waals surface area contributed by atoms with Gasteiger partial charge in [0, 0.05) is 17.1 Å². The molecule has 8 nitrogen and oxygen atoms in total. The molecule has 2 amide bonds. The zero-order valence-corrected chi connectivity index (χ0v) is 24.4. The highest BCUT2D eigenvalue weighted by Crippen LogP contribution is 2.37. The zero-order valence-electron chi connectivity index (χ0n) is 23.7. The second-order valence-corrected chi connectivity index (χ2v) is 11.7. The van der Waals surface area contributed by atoms with Gasteiger partial charge in [-0.2, -0.15) is 0 Å². The summed E-state index contributed by atoms with van der Waals surface area (Å²) >= 11 is 6.04. The van der Waals surface area contributed by atoms with Gasteiger partial charge in [0.2, 0.25) is 5.91 Å². The first-order valence-electron chi connectivity index (χ1n) is 13.4. The maximum absolute atomic E-state index is 13.1. The summed E-state index contributed by atoms with van der Waals surface area (Å²) in [5.41, 5.74) is 1.31. The Hall–Kier alpha value is -2.97. The Kier molecular flexibility index (Phi) is 10.5. The van der Waals surface area contributed by atoms with Crippen LogP contribution in [-0.2, 0) is 16.0 Å². The van der Waals surface area contributed by atoms with Crippen LogP contribution in [0.2, 0.25) is 5.02 Å². The fraction of sp³-hybridized carbons (Fsp3) is 0.533. The Morgan fingerprint density at radius 2 is 1.59 bits per heavy atom. The van der Waals surface area contributed by atoms with Crippen LogP contribution < -0.4 is 20.1 Å². The molecule has 0 heterocycles. The minimum absolute atomic E-state index is 0.00395. The number of aliphatic hydroxyl groups excluding tert-OH is 1. The maximum Gasteiger partial charge on any atom is 0.407 e. The molecule has 1 saturated carbocycles. The van der Waals surface area contributed by atoms with Crippen LogP contribution in [0.3, 0.4) is 0 Å². The third-order valence-corrected chi connectivity index (χ3v) is 6.68. The number of halogens is 1. The van der Waals surface area contributed by atoms with Crippen molar-refractivity contribution in [2.24, 2.45) is 0 Å². The quantitative estimate of drug-likeness (QED) is 0.362. The van der Waals surface area contributed by atoms with Gasteiger partial charge in [-0.3, -0.25) is 4.79 Å². The summed E-state index contributed by atoms with van der Waals surface area (Å²) in [6.45, 7) is 9.32. The van der Waals surface area contributed by atoms with Crippen molar-refractivity contribution < 1.29 is 28.9 Å². The molecular formula is C30H41ClN2O6. The van der Waals surface area contributed by atoms with Crippen LogP contribution in [0.4, 0.5) is 4.79 Å². The van der Waals surface area contributed by atoms with Crippen molar-refractivity contribution in [3.63, 3.8) is 0 Å². The van der Waals surface area contributed by atoms with E-state index in [1.54, 1.807) is 43.5 Å². The van der Waals surface area contributed by atoms with E-state index in [4.69, 9.17) is 25.8 Å². The molecule has 1 unspecified atom stereocenters. The van der Waals surface area contributed by atoms with E-state index in [-0.39, 0.29) is 30.5 Å². The van der Waals surface area contributed by atoms with Crippen LogP contribution in [0.5, 0.6) is 11.5 Å². The second kappa shape index (κ2) is 13.4. The molecule has 0 bridgehead atoms. The molecule has 3 N–H and O–H groups in total. The average molecular weight is 561 g/mol. The van der Waals surface area contributed by atoms with Crippen molar-refractivity contribution in [3.8, 4) is 11.5 Å². The van der Waals surface area contributed by atoms with Gasteiger partial charge in [0.1, 0.15) is 11.7 Å². The molecular weight excluding hydrogens is 520 g/mol. The molecule has 1 fully saturated rings. The summed E-state index contributed by atoms with van der Waals surface area (Å²) in [5, 5.41) is 17.9. The van der Waals surface area contributed by atoms with Crippen LogP contribution in [0.1, 0.15) is 83.1 Å². The Bertz CT molecular complexity index is 1120. The lowest BCUT2D eigenvalue weighted by molar-refractivity contribution is -0.121. The Morgan fingerprint density at radius 3 is 2.13 bits per heavy atom. The number of carbonyl (C=O) groups is 2. The van der Waals surface area contributed by atoms with Gasteiger partial charge in [0.25, 0.3) is 0 Å². The maximum atomic E-state index is 13.1. The summed E-state index contributed by atoms with van der Waals surface area (Å²) in [4.78, 5) is 25.2. The average Bonchev–Trinajstić information content (AvgIpc) is 2.84. The monoisotopic (exact) mass is 560 g/mol. The van der Waals surface area contributed by atoms with Crippen LogP contribution >= 0.6 is 11.6 Å². The van der Waals surface area contributed by atoms with E-state index in [0.29, 0.717) is 33.2 Å². The number of hydrogen-bond donors (Lipinski definition) is 3. The van der Waals surface area contributed by atoms with Crippen molar-refractivity contribution in [1.29, 1.82) is 0 Å². The fourth-order valence-electron chi connectivity index (χ4n) is 4.66. The third-order valence-electron chi connectivity index (χ3n) is 6.43.